The Morgan fingerprint density at radius 1 is 1.43 bits per heavy atom. The summed E-state index contributed by atoms with van der Waals surface area (Å²) < 4.78 is 24.1. The van der Waals surface area contributed by atoms with Gasteiger partial charge in [-0.2, -0.15) is 9.97 Å². The summed E-state index contributed by atoms with van der Waals surface area (Å²) >= 11 is 0.940. The van der Waals surface area contributed by atoms with E-state index < -0.39 is 24.4 Å². The number of hydrogen-bond acceptors (Lipinski definition) is 10. The number of carbonyl (C=O) groups is 1. The van der Waals surface area contributed by atoms with Gasteiger partial charge in [-0.05, 0) is 13.8 Å². The van der Waals surface area contributed by atoms with E-state index >= 15 is 0 Å². The Balaban J connectivity index is 2.02. The number of esters is 1. The SMILES string of the molecule is C=C(C)O[C@@H]1C[C@@H](COC(C)=O)O[C@H]1n1c(=O)sc2c(OCC)nc(N)nc21. The standard InChI is InChI=1S/C17H22N4O6S/c1-5-24-14-12-13(19-16(18)20-14)21(17(23)28-12)15-11(26-8(2)3)6-10(27-15)7-25-9(4)22/h10-11,15H,2,5-7H2,1,3-4H3,(H2,18,19,20)/t10-,11+,15+/m0/s1. The monoisotopic (exact) mass is 410 g/mol. The number of hydrogen-bond donors (Lipinski definition) is 1. The lowest BCUT2D eigenvalue weighted by molar-refractivity contribution is -0.146. The fraction of sp³-hybridized carbons (Fsp3) is 0.529. The number of aromatic nitrogens is 3. The van der Waals surface area contributed by atoms with Gasteiger partial charge in [-0.1, -0.05) is 17.9 Å². The van der Waals surface area contributed by atoms with Crippen molar-refractivity contribution in [3.8, 4) is 5.88 Å². The maximum absolute atomic E-state index is 12.8. The lowest BCUT2D eigenvalue weighted by Gasteiger charge is -2.21. The second kappa shape index (κ2) is 8.15. The van der Waals surface area contributed by atoms with Gasteiger partial charge in [-0.3, -0.25) is 14.2 Å². The molecule has 0 radical (unpaired) electrons. The molecule has 1 saturated heterocycles. The number of carbonyl (C=O) groups excluding carboxylic acids is 1. The molecule has 0 aromatic carbocycles. The molecule has 0 unspecified atom stereocenters. The third-order valence-corrected chi connectivity index (χ3v) is 4.89. The van der Waals surface area contributed by atoms with Crippen LogP contribution in [0.5, 0.6) is 5.88 Å². The molecule has 1 fully saturated rings. The molecule has 2 aromatic rings. The summed E-state index contributed by atoms with van der Waals surface area (Å²) in [5.41, 5.74) is 6.10. The number of rotatable bonds is 7. The van der Waals surface area contributed by atoms with Crippen LogP contribution >= 0.6 is 11.3 Å². The fourth-order valence-electron chi connectivity index (χ4n) is 2.99. The summed E-state index contributed by atoms with van der Waals surface area (Å²) in [6, 6.07) is 0. The van der Waals surface area contributed by atoms with Crippen molar-refractivity contribution in [3.63, 3.8) is 0 Å². The van der Waals surface area contributed by atoms with Crippen LogP contribution in [0.3, 0.4) is 0 Å². The molecule has 1 aliphatic rings. The Labute approximate surface area is 164 Å². The van der Waals surface area contributed by atoms with Crippen molar-refractivity contribution in [2.24, 2.45) is 0 Å². The zero-order valence-electron chi connectivity index (χ0n) is 15.8. The first-order valence-electron chi connectivity index (χ1n) is 8.72. The number of nitrogens with zero attached hydrogens (tertiary/aromatic N) is 3. The van der Waals surface area contributed by atoms with E-state index in [-0.39, 0.29) is 23.3 Å². The molecule has 2 aromatic heterocycles. The molecule has 1 aliphatic heterocycles. The average molecular weight is 410 g/mol. The number of anilines is 1. The van der Waals surface area contributed by atoms with E-state index in [4.69, 9.17) is 24.7 Å². The van der Waals surface area contributed by atoms with Crippen LogP contribution in [0, 0.1) is 0 Å². The zero-order valence-corrected chi connectivity index (χ0v) is 16.7. The van der Waals surface area contributed by atoms with Crippen molar-refractivity contribution in [1.29, 1.82) is 0 Å². The Morgan fingerprint density at radius 2 is 2.18 bits per heavy atom. The van der Waals surface area contributed by atoms with Crippen molar-refractivity contribution in [2.75, 3.05) is 18.9 Å². The van der Waals surface area contributed by atoms with Crippen LogP contribution in [0.25, 0.3) is 10.3 Å². The summed E-state index contributed by atoms with van der Waals surface area (Å²) in [7, 11) is 0. The first-order valence-corrected chi connectivity index (χ1v) is 9.54. The van der Waals surface area contributed by atoms with Crippen LogP contribution < -0.4 is 15.3 Å². The van der Waals surface area contributed by atoms with Gasteiger partial charge in [0.15, 0.2) is 11.9 Å². The van der Waals surface area contributed by atoms with Crippen molar-refractivity contribution in [3.05, 3.63) is 22.0 Å². The van der Waals surface area contributed by atoms with E-state index in [1.807, 2.05) is 0 Å². The predicted molar refractivity (Wildman–Crippen MR) is 102 cm³/mol. The quantitative estimate of drug-likeness (QED) is 0.534. The molecule has 0 aliphatic carbocycles. The minimum absolute atomic E-state index is 0.0191. The van der Waals surface area contributed by atoms with E-state index in [1.165, 1.54) is 11.5 Å². The number of thiazole rings is 1. The highest BCUT2D eigenvalue weighted by Gasteiger charge is 2.41. The number of nitrogens with two attached hydrogens (primary N) is 1. The molecule has 0 spiro atoms. The summed E-state index contributed by atoms with van der Waals surface area (Å²) in [5.74, 6) is 0.292. The summed E-state index contributed by atoms with van der Waals surface area (Å²) in [6.45, 7) is 9.01. The maximum atomic E-state index is 12.8. The molecule has 10 nitrogen and oxygen atoms in total. The second-order valence-electron chi connectivity index (χ2n) is 6.26. The molecule has 0 saturated carbocycles. The van der Waals surface area contributed by atoms with Crippen LogP contribution in [-0.4, -0.2) is 45.9 Å². The lowest BCUT2D eigenvalue weighted by Crippen LogP contribution is -2.28. The van der Waals surface area contributed by atoms with Gasteiger partial charge in [0.1, 0.15) is 17.4 Å². The smallest absolute Gasteiger partial charge is 0.311 e. The first kappa shape index (κ1) is 20.1. The molecule has 0 bridgehead atoms. The molecule has 152 valence electrons. The van der Waals surface area contributed by atoms with Crippen molar-refractivity contribution in [2.45, 2.75) is 45.6 Å². The Hall–Kier alpha value is -2.66. The highest BCUT2D eigenvalue weighted by molar-refractivity contribution is 7.16. The molecule has 3 heterocycles. The van der Waals surface area contributed by atoms with Crippen molar-refractivity contribution in [1.82, 2.24) is 14.5 Å². The van der Waals surface area contributed by atoms with Gasteiger partial charge in [-0.15, -0.1) is 0 Å². The number of fused-ring (bicyclic) bond motifs is 1. The second-order valence-corrected chi connectivity index (χ2v) is 7.22. The molecule has 0 amide bonds. The summed E-state index contributed by atoms with van der Waals surface area (Å²) in [5, 5.41) is 0. The molecule has 2 N–H and O–H groups in total. The van der Waals surface area contributed by atoms with Gasteiger partial charge in [0.25, 0.3) is 0 Å². The van der Waals surface area contributed by atoms with Gasteiger partial charge in [0.2, 0.25) is 11.8 Å². The highest BCUT2D eigenvalue weighted by atomic mass is 32.1. The van der Waals surface area contributed by atoms with Crippen LogP contribution in [0.15, 0.2) is 17.1 Å². The highest BCUT2D eigenvalue weighted by Crippen LogP contribution is 2.36. The maximum Gasteiger partial charge on any atom is 0.311 e. The van der Waals surface area contributed by atoms with Crippen molar-refractivity contribution >= 4 is 33.6 Å². The predicted octanol–water partition coefficient (Wildman–Crippen LogP) is 1.60. The topological polar surface area (TPSA) is 128 Å². The molecule has 11 heteroatoms. The molecule has 3 atom stereocenters. The Morgan fingerprint density at radius 3 is 2.82 bits per heavy atom. The van der Waals surface area contributed by atoms with Gasteiger partial charge in [0, 0.05) is 13.3 Å². The first-order chi connectivity index (χ1) is 13.3. The summed E-state index contributed by atoms with van der Waals surface area (Å²) in [6.07, 6.45) is -1.33. The normalized spacial score (nSPS) is 21.6. The fourth-order valence-corrected chi connectivity index (χ4v) is 3.89. The van der Waals surface area contributed by atoms with Crippen LogP contribution in [0.2, 0.25) is 0 Å². The number of nitrogen functional groups attached to an aromatic ring is 1. The van der Waals surface area contributed by atoms with E-state index in [0.29, 0.717) is 29.1 Å². The van der Waals surface area contributed by atoms with Gasteiger partial charge < -0.3 is 24.7 Å². The van der Waals surface area contributed by atoms with E-state index in [9.17, 15) is 9.59 Å². The van der Waals surface area contributed by atoms with Crippen LogP contribution in [0.4, 0.5) is 5.95 Å². The molecule has 3 rings (SSSR count). The van der Waals surface area contributed by atoms with E-state index in [2.05, 4.69) is 16.5 Å². The van der Waals surface area contributed by atoms with Crippen LogP contribution in [-0.2, 0) is 19.0 Å². The third kappa shape index (κ3) is 4.09. The Kier molecular flexibility index (Phi) is 5.84. The molecular formula is C17H22N4O6S. The van der Waals surface area contributed by atoms with Crippen molar-refractivity contribution < 1.29 is 23.7 Å². The number of ether oxygens (including phenoxy) is 4. The zero-order chi connectivity index (χ0) is 20.4. The molecule has 28 heavy (non-hydrogen) atoms. The minimum Gasteiger partial charge on any atom is -0.491 e. The van der Waals surface area contributed by atoms with Crippen LogP contribution in [0.1, 0.15) is 33.4 Å². The van der Waals surface area contributed by atoms with Gasteiger partial charge in [-0.25, -0.2) is 0 Å². The number of allylic oxidation sites excluding steroid dienone is 1. The average Bonchev–Trinajstić information content (AvgIpc) is 3.12. The Bertz CT molecular complexity index is 955. The largest absolute Gasteiger partial charge is 0.491 e. The summed E-state index contributed by atoms with van der Waals surface area (Å²) in [4.78, 5) is 31.8. The minimum atomic E-state index is -0.790. The molecular weight excluding hydrogens is 388 g/mol. The lowest BCUT2D eigenvalue weighted by atomic mass is 10.2. The van der Waals surface area contributed by atoms with E-state index in [1.54, 1.807) is 13.8 Å². The van der Waals surface area contributed by atoms with E-state index in [0.717, 1.165) is 11.3 Å². The van der Waals surface area contributed by atoms with Gasteiger partial charge in [0.05, 0.1) is 18.5 Å². The third-order valence-electron chi connectivity index (χ3n) is 3.95. The van der Waals surface area contributed by atoms with Gasteiger partial charge >= 0.3 is 10.8 Å².